The van der Waals surface area contributed by atoms with E-state index in [-0.39, 0.29) is 5.63 Å². The second-order valence-electron chi connectivity index (χ2n) is 6.01. The summed E-state index contributed by atoms with van der Waals surface area (Å²) in [4.78, 5) is 14.1. The summed E-state index contributed by atoms with van der Waals surface area (Å²) in [7, 11) is 2.13. The fraction of sp³-hybridized carbons (Fsp3) is 0.471. The van der Waals surface area contributed by atoms with Gasteiger partial charge in [-0.2, -0.15) is 0 Å². The highest BCUT2D eigenvalue weighted by molar-refractivity contribution is 5.80. The lowest BCUT2D eigenvalue weighted by Crippen LogP contribution is -2.43. The molecular weight excluding hydrogens is 264 g/mol. The van der Waals surface area contributed by atoms with E-state index in [0.29, 0.717) is 11.6 Å². The molecular formula is C17H22N2O2. The van der Waals surface area contributed by atoms with Gasteiger partial charge in [0.05, 0.1) is 0 Å². The van der Waals surface area contributed by atoms with Crippen LogP contribution in [-0.2, 0) is 6.54 Å². The van der Waals surface area contributed by atoms with E-state index in [2.05, 4.69) is 29.4 Å². The molecule has 0 saturated carbocycles. The highest BCUT2D eigenvalue weighted by Gasteiger charge is 2.18. The van der Waals surface area contributed by atoms with Crippen LogP contribution in [0.1, 0.15) is 24.0 Å². The van der Waals surface area contributed by atoms with E-state index in [1.54, 1.807) is 6.07 Å². The average Bonchev–Trinajstić information content (AvgIpc) is 2.47. The van der Waals surface area contributed by atoms with Crippen molar-refractivity contribution in [3.8, 4) is 0 Å². The Morgan fingerprint density at radius 1 is 1.38 bits per heavy atom. The summed E-state index contributed by atoms with van der Waals surface area (Å²) in [5, 5.41) is 4.47. The van der Waals surface area contributed by atoms with Crippen LogP contribution in [-0.4, -0.2) is 31.1 Å². The molecule has 4 nitrogen and oxygen atoms in total. The Morgan fingerprint density at radius 2 is 2.24 bits per heavy atom. The highest BCUT2D eigenvalue weighted by Crippen LogP contribution is 2.21. The Balaban J connectivity index is 1.90. The van der Waals surface area contributed by atoms with Crippen molar-refractivity contribution in [1.82, 2.24) is 10.2 Å². The van der Waals surface area contributed by atoms with Gasteiger partial charge in [0.2, 0.25) is 0 Å². The molecule has 1 aliphatic heterocycles. The Kier molecular flexibility index (Phi) is 4.08. The summed E-state index contributed by atoms with van der Waals surface area (Å²) in [5.41, 5.74) is 2.58. The predicted octanol–water partition coefficient (Wildman–Crippen LogP) is 2.29. The standard InChI is InChI=1S/C17H22N2O2/c1-12-5-6-15-13(9-17(20)21-16(15)8-12)11-19(2)14-4-3-7-18-10-14/h5-6,8-9,14,18H,3-4,7,10-11H2,1-2H3. The van der Waals surface area contributed by atoms with Gasteiger partial charge in [-0.15, -0.1) is 0 Å². The normalized spacial score (nSPS) is 19.3. The smallest absolute Gasteiger partial charge is 0.336 e. The minimum atomic E-state index is -0.265. The molecule has 3 rings (SSSR count). The van der Waals surface area contributed by atoms with Gasteiger partial charge < -0.3 is 9.73 Å². The zero-order valence-electron chi connectivity index (χ0n) is 12.7. The zero-order chi connectivity index (χ0) is 14.8. The van der Waals surface area contributed by atoms with Crippen LogP contribution in [0.5, 0.6) is 0 Å². The van der Waals surface area contributed by atoms with E-state index in [0.717, 1.165) is 36.1 Å². The fourth-order valence-electron chi connectivity index (χ4n) is 3.08. The van der Waals surface area contributed by atoms with Gasteiger partial charge in [0.1, 0.15) is 5.58 Å². The maximum Gasteiger partial charge on any atom is 0.336 e. The molecule has 1 N–H and O–H groups in total. The lowest BCUT2D eigenvalue weighted by atomic mass is 10.0. The molecule has 0 amide bonds. The molecule has 1 fully saturated rings. The molecule has 1 aromatic heterocycles. The van der Waals surface area contributed by atoms with Crippen molar-refractivity contribution in [2.45, 2.75) is 32.4 Å². The third-order valence-corrected chi connectivity index (χ3v) is 4.30. The van der Waals surface area contributed by atoms with Crippen LogP contribution in [0.3, 0.4) is 0 Å². The lowest BCUT2D eigenvalue weighted by molar-refractivity contribution is 0.196. The second kappa shape index (κ2) is 6.00. The Hall–Kier alpha value is -1.65. The molecule has 4 heteroatoms. The number of fused-ring (bicyclic) bond motifs is 1. The van der Waals surface area contributed by atoms with E-state index in [1.165, 1.54) is 12.8 Å². The van der Waals surface area contributed by atoms with Crippen LogP contribution in [0.25, 0.3) is 11.0 Å². The average molecular weight is 286 g/mol. The van der Waals surface area contributed by atoms with Crippen molar-refractivity contribution in [2.24, 2.45) is 0 Å². The van der Waals surface area contributed by atoms with E-state index < -0.39 is 0 Å². The van der Waals surface area contributed by atoms with Crippen LogP contribution >= 0.6 is 0 Å². The summed E-state index contributed by atoms with van der Waals surface area (Å²) in [6.45, 7) is 4.92. The number of hydrogen-bond acceptors (Lipinski definition) is 4. The minimum Gasteiger partial charge on any atom is -0.423 e. The SMILES string of the molecule is Cc1ccc2c(CN(C)C3CCCNC3)cc(=O)oc2c1. The van der Waals surface area contributed by atoms with Crippen molar-refractivity contribution in [2.75, 3.05) is 20.1 Å². The third-order valence-electron chi connectivity index (χ3n) is 4.30. The molecule has 112 valence electrons. The molecule has 2 heterocycles. The van der Waals surface area contributed by atoms with E-state index in [9.17, 15) is 4.79 Å². The molecule has 0 spiro atoms. The summed E-state index contributed by atoms with van der Waals surface area (Å²) in [6.07, 6.45) is 2.42. The van der Waals surface area contributed by atoms with Crippen LogP contribution < -0.4 is 10.9 Å². The first-order valence-electron chi connectivity index (χ1n) is 7.58. The molecule has 1 unspecified atom stereocenters. The Labute approximate surface area is 124 Å². The molecule has 1 atom stereocenters. The summed E-state index contributed by atoms with van der Waals surface area (Å²) in [5.74, 6) is 0. The highest BCUT2D eigenvalue weighted by atomic mass is 16.4. The van der Waals surface area contributed by atoms with Gasteiger partial charge in [-0.05, 0) is 50.6 Å². The van der Waals surface area contributed by atoms with Gasteiger partial charge in [0.15, 0.2) is 0 Å². The van der Waals surface area contributed by atoms with Gasteiger partial charge in [0, 0.05) is 30.6 Å². The number of hydrogen-bond donors (Lipinski definition) is 1. The molecule has 21 heavy (non-hydrogen) atoms. The summed E-state index contributed by atoms with van der Waals surface area (Å²) < 4.78 is 5.32. The van der Waals surface area contributed by atoms with Crippen LogP contribution in [0.2, 0.25) is 0 Å². The van der Waals surface area contributed by atoms with Crippen molar-refractivity contribution in [3.63, 3.8) is 0 Å². The maximum atomic E-state index is 11.8. The van der Waals surface area contributed by atoms with Gasteiger partial charge in [-0.25, -0.2) is 4.79 Å². The lowest BCUT2D eigenvalue weighted by Gasteiger charge is -2.31. The van der Waals surface area contributed by atoms with Crippen molar-refractivity contribution < 1.29 is 4.42 Å². The Bertz CT molecular complexity index is 687. The fourth-order valence-corrected chi connectivity index (χ4v) is 3.08. The summed E-state index contributed by atoms with van der Waals surface area (Å²) in [6, 6.07) is 8.21. The van der Waals surface area contributed by atoms with E-state index in [1.807, 2.05) is 13.0 Å². The van der Waals surface area contributed by atoms with E-state index >= 15 is 0 Å². The van der Waals surface area contributed by atoms with Gasteiger partial charge in [-0.1, -0.05) is 12.1 Å². The number of piperidine rings is 1. The number of nitrogens with one attached hydrogen (secondary N) is 1. The number of likely N-dealkylation sites (N-methyl/N-ethyl adjacent to an activating group) is 1. The van der Waals surface area contributed by atoms with Crippen molar-refractivity contribution >= 4 is 11.0 Å². The molecule has 1 saturated heterocycles. The minimum absolute atomic E-state index is 0.265. The first-order chi connectivity index (χ1) is 10.1. The first-order valence-corrected chi connectivity index (χ1v) is 7.58. The number of aryl methyl sites for hydroxylation is 1. The summed E-state index contributed by atoms with van der Waals surface area (Å²) >= 11 is 0. The molecule has 2 aromatic rings. The molecule has 0 aliphatic carbocycles. The van der Waals surface area contributed by atoms with Crippen LogP contribution in [0.15, 0.2) is 33.5 Å². The number of rotatable bonds is 3. The van der Waals surface area contributed by atoms with Gasteiger partial charge >= 0.3 is 5.63 Å². The molecule has 0 bridgehead atoms. The van der Waals surface area contributed by atoms with Crippen LogP contribution in [0, 0.1) is 6.92 Å². The zero-order valence-corrected chi connectivity index (χ0v) is 12.7. The van der Waals surface area contributed by atoms with Gasteiger partial charge in [0.25, 0.3) is 0 Å². The predicted molar refractivity (Wildman–Crippen MR) is 84.6 cm³/mol. The second-order valence-corrected chi connectivity index (χ2v) is 6.01. The maximum absolute atomic E-state index is 11.8. The van der Waals surface area contributed by atoms with Gasteiger partial charge in [-0.3, -0.25) is 4.90 Å². The van der Waals surface area contributed by atoms with Crippen molar-refractivity contribution in [3.05, 3.63) is 45.8 Å². The van der Waals surface area contributed by atoms with Crippen LogP contribution in [0.4, 0.5) is 0 Å². The number of nitrogens with zero attached hydrogens (tertiary/aromatic N) is 1. The first kappa shape index (κ1) is 14.3. The van der Waals surface area contributed by atoms with E-state index in [4.69, 9.17) is 4.42 Å². The molecule has 1 aromatic carbocycles. The number of benzene rings is 1. The largest absolute Gasteiger partial charge is 0.423 e. The third kappa shape index (κ3) is 3.17. The van der Waals surface area contributed by atoms with Crippen molar-refractivity contribution in [1.29, 1.82) is 0 Å². The molecule has 1 aliphatic rings. The quantitative estimate of drug-likeness (QED) is 0.879. The molecule has 0 radical (unpaired) electrons. The monoisotopic (exact) mass is 286 g/mol. The topological polar surface area (TPSA) is 45.5 Å². The Morgan fingerprint density at radius 3 is 3.00 bits per heavy atom.